The van der Waals surface area contributed by atoms with Gasteiger partial charge in [-0.3, -0.25) is 9.80 Å². The summed E-state index contributed by atoms with van der Waals surface area (Å²) in [4.78, 5) is 5.50. The summed E-state index contributed by atoms with van der Waals surface area (Å²) in [6.07, 6.45) is 30.2. The van der Waals surface area contributed by atoms with Crippen molar-refractivity contribution in [3.05, 3.63) is 59.7 Å². The minimum atomic E-state index is 1.08. The summed E-state index contributed by atoms with van der Waals surface area (Å²) < 4.78 is 0. The van der Waals surface area contributed by atoms with E-state index in [-0.39, 0.29) is 0 Å². The molecule has 0 unspecified atom stereocenters. The molecule has 0 aliphatic heterocycles. The maximum absolute atomic E-state index is 2.75. The van der Waals surface area contributed by atoms with Gasteiger partial charge >= 0.3 is 0 Å². The largest absolute Gasteiger partial charge is 0.299 e. The summed E-state index contributed by atoms with van der Waals surface area (Å²) in [5.41, 5.74) is 5.70. The van der Waals surface area contributed by atoms with Gasteiger partial charge in [-0.05, 0) is 86.2 Å². The number of hydrogen-bond donors (Lipinski definition) is 0. The molecule has 0 aliphatic carbocycles. The Hall–Kier alpha value is -1.64. The normalized spacial score (nSPS) is 11.7. The Bertz CT molecular complexity index is 875. The fourth-order valence-electron chi connectivity index (χ4n) is 6.86. The van der Waals surface area contributed by atoms with Crippen LogP contribution in [0.3, 0.4) is 0 Å². The van der Waals surface area contributed by atoms with Gasteiger partial charge in [0.05, 0.1) is 0 Å². The van der Waals surface area contributed by atoms with Crippen molar-refractivity contribution < 1.29 is 0 Å². The Balaban J connectivity index is 2.02. The van der Waals surface area contributed by atoms with E-state index in [0.29, 0.717) is 0 Å². The van der Waals surface area contributed by atoms with Crippen molar-refractivity contribution in [1.29, 1.82) is 0 Å². The topological polar surface area (TPSA) is 6.48 Å². The molecule has 0 heterocycles. The molecule has 0 fully saturated rings. The van der Waals surface area contributed by atoms with Gasteiger partial charge in [0.15, 0.2) is 0 Å². The lowest BCUT2D eigenvalue weighted by Gasteiger charge is -2.23. The third-order valence-corrected chi connectivity index (χ3v) is 9.81. The number of rotatable bonds is 31. The summed E-state index contributed by atoms with van der Waals surface area (Å²) in [7, 11) is 0. The predicted octanol–water partition coefficient (Wildman–Crippen LogP) is 13.6. The Morgan fingerprint density at radius 1 is 0.348 bits per heavy atom. The third-order valence-electron chi connectivity index (χ3n) is 9.81. The lowest BCUT2D eigenvalue weighted by Crippen LogP contribution is -2.26. The molecule has 2 aromatic rings. The Morgan fingerprint density at radius 2 is 0.630 bits per heavy atom. The molecule has 0 saturated heterocycles. The average molecular weight is 633 g/mol. The lowest BCUT2D eigenvalue weighted by molar-refractivity contribution is 0.252. The second kappa shape index (κ2) is 28.4. The molecule has 2 heteroatoms. The molecule has 262 valence electrons. The number of hydrogen-bond acceptors (Lipinski definition) is 2. The first-order valence-electron chi connectivity index (χ1n) is 20.3. The van der Waals surface area contributed by atoms with E-state index in [1.807, 2.05) is 0 Å². The van der Waals surface area contributed by atoms with Gasteiger partial charge in [0.2, 0.25) is 0 Å². The smallest absolute Gasteiger partial charge is 0.0233 e. The van der Waals surface area contributed by atoms with E-state index in [2.05, 4.69) is 86.0 Å². The third kappa shape index (κ3) is 19.9. The van der Waals surface area contributed by atoms with Gasteiger partial charge in [-0.25, -0.2) is 0 Å². The molecule has 2 rings (SSSR count). The monoisotopic (exact) mass is 633 g/mol. The number of unbranched alkanes of at least 4 members (excludes halogenated alkanes) is 18. The maximum Gasteiger partial charge on any atom is 0.0233 e. The van der Waals surface area contributed by atoms with Gasteiger partial charge in [-0.15, -0.1) is 0 Å². The fraction of sp³-hybridized carbons (Fsp3) is 0.727. The summed E-state index contributed by atoms with van der Waals surface area (Å²) in [5, 5.41) is 0. The van der Waals surface area contributed by atoms with Crippen LogP contribution in [0, 0.1) is 0 Å². The molecule has 2 aromatic carbocycles. The van der Waals surface area contributed by atoms with Crippen LogP contribution in [-0.4, -0.2) is 36.0 Å². The first-order chi connectivity index (χ1) is 22.7. The highest BCUT2D eigenvalue weighted by Crippen LogP contribution is 2.24. The van der Waals surface area contributed by atoms with E-state index in [1.165, 1.54) is 190 Å². The Morgan fingerprint density at radius 3 is 0.935 bits per heavy atom. The first kappa shape index (κ1) is 40.5. The van der Waals surface area contributed by atoms with Crippen molar-refractivity contribution in [2.75, 3.05) is 26.2 Å². The first-order valence-corrected chi connectivity index (χ1v) is 20.3. The highest BCUT2D eigenvalue weighted by molar-refractivity contribution is 5.65. The Labute approximate surface area is 288 Å². The SMILES string of the molecule is CCCCCCCCN(CCCCCCC)Cc1cccc(-c2cccc(CN(CCCCCCC)CCCCCCCC)c2)c1. The van der Waals surface area contributed by atoms with Gasteiger partial charge in [-0.1, -0.05) is 180 Å². The highest BCUT2D eigenvalue weighted by Gasteiger charge is 2.10. The summed E-state index contributed by atoms with van der Waals surface area (Å²) in [6, 6.07) is 18.9. The zero-order valence-electron chi connectivity index (χ0n) is 31.3. The zero-order chi connectivity index (χ0) is 32.9. The molecule has 0 spiro atoms. The van der Waals surface area contributed by atoms with Crippen LogP contribution in [0.4, 0.5) is 0 Å². The van der Waals surface area contributed by atoms with Crippen LogP contribution in [0.5, 0.6) is 0 Å². The molecule has 0 amide bonds. The molecule has 0 aliphatic rings. The molecule has 0 atom stereocenters. The zero-order valence-corrected chi connectivity index (χ0v) is 31.3. The average Bonchev–Trinajstić information content (AvgIpc) is 3.07. The summed E-state index contributed by atoms with van der Waals surface area (Å²) >= 11 is 0. The van der Waals surface area contributed by atoms with E-state index in [1.54, 1.807) is 0 Å². The van der Waals surface area contributed by atoms with Crippen LogP contribution in [-0.2, 0) is 13.1 Å². The van der Waals surface area contributed by atoms with Crippen LogP contribution in [0.25, 0.3) is 11.1 Å². The van der Waals surface area contributed by atoms with Gasteiger partial charge in [0, 0.05) is 13.1 Å². The quantitative estimate of drug-likeness (QED) is 0.0763. The van der Waals surface area contributed by atoms with E-state index in [4.69, 9.17) is 0 Å². The van der Waals surface area contributed by atoms with Crippen LogP contribution in [0.15, 0.2) is 48.5 Å². The summed E-state index contributed by atoms with van der Waals surface area (Å²) in [6.45, 7) is 16.4. The van der Waals surface area contributed by atoms with Crippen molar-refractivity contribution in [2.45, 2.75) is 182 Å². The van der Waals surface area contributed by atoms with Crippen LogP contribution in [0.2, 0.25) is 0 Å². The maximum atomic E-state index is 2.75. The molecule has 0 N–H and O–H groups in total. The molecule has 0 radical (unpaired) electrons. The summed E-state index contributed by atoms with van der Waals surface area (Å²) in [5.74, 6) is 0. The van der Waals surface area contributed by atoms with Crippen molar-refractivity contribution >= 4 is 0 Å². The molecule has 0 bridgehead atoms. The van der Waals surface area contributed by atoms with Crippen molar-refractivity contribution in [3.63, 3.8) is 0 Å². The van der Waals surface area contributed by atoms with Crippen molar-refractivity contribution in [3.8, 4) is 11.1 Å². The molecule has 0 saturated carbocycles. The molecular weight excluding hydrogens is 556 g/mol. The van der Waals surface area contributed by atoms with Gasteiger partial charge < -0.3 is 0 Å². The molecular formula is C44H76N2. The van der Waals surface area contributed by atoms with Crippen LogP contribution in [0.1, 0.15) is 180 Å². The van der Waals surface area contributed by atoms with Crippen LogP contribution >= 0.6 is 0 Å². The Kier molecular flexibility index (Phi) is 25.0. The second-order valence-electron chi connectivity index (χ2n) is 14.3. The highest BCUT2D eigenvalue weighted by atomic mass is 15.1. The predicted molar refractivity (Wildman–Crippen MR) is 207 cm³/mol. The van der Waals surface area contributed by atoms with E-state index >= 15 is 0 Å². The van der Waals surface area contributed by atoms with Crippen molar-refractivity contribution in [2.24, 2.45) is 0 Å². The van der Waals surface area contributed by atoms with E-state index in [0.717, 1.165) is 13.1 Å². The molecule has 0 aromatic heterocycles. The standard InChI is InChI=1S/C44H76N2/c1-5-9-13-17-21-25-35-45(33-23-19-15-11-7-3)39-41-29-27-31-43(37-41)44-32-28-30-42(38-44)40-46(34-24-20-16-12-8-4)36-26-22-18-14-10-6-2/h27-32,37-38H,5-26,33-36,39-40H2,1-4H3. The molecule has 2 nitrogen and oxygen atoms in total. The van der Waals surface area contributed by atoms with Gasteiger partial charge in [-0.2, -0.15) is 0 Å². The van der Waals surface area contributed by atoms with Gasteiger partial charge in [0.25, 0.3) is 0 Å². The molecule has 46 heavy (non-hydrogen) atoms. The van der Waals surface area contributed by atoms with E-state index < -0.39 is 0 Å². The minimum Gasteiger partial charge on any atom is -0.299 e. The van der Waals surface area contributed by atoms with Crippen LogP contribution < -0.4 is 0 Å². The fourth-order valence-corrected chi connectivity index (χ4v) is 6.86. The lowest BCUT2D eigenvalue weighted by atomic mass is 10.0. The minimum absolute atomic E-state index is 1.08. The van der Waals surface area contributed by atoms with E-state index in [9.17, 15) is 0 Å². The second-order valence-corrected chi connectivity index (χ2v) is 14.3. The number of benzene rings is 2. The van der Waals surface area contributed by atoms with Gasteiger partial charge in [0.1, 0.15) is 0 Å². The van der Waals surface area contributed by atoms with Crippen molar-refractivity contribution in [1.82, 2.24) is 9.80 Å². The number of nitrogens with zero attached hydrogens (tertiary/aromatic N) is 2.